The van der Waals surface area contributed by atoms with Crippen LogP contribution in [-0.2, 0) is 11.3 Å². The van der Waals surface area contributed by atoms with E-state index in [1.165, 1.54) is 10.9 Å². The second-order valence-corrected chi connectivity index (χ2v) is 4.34. The number of ether oxygens (including phenoxy) is 1. The van der Waals surface area contributed by atoms with Gasteiger partial charge in [0.15, 0.2) is 0 Å². The van der Waals surface area contributed by atoms with E-state index in [1.807, 2.05) is 0 Å². The smallest absolute Gasteiger partial charge is 0.287 e. The van der Waals surface area contributed by atoms with E-state index < -0.39 is 0 Å². The van der Waals surface area contributed by atoms with Crippen LogP contribution in [0, 0.1) is 0 Å². The van der Waals surface area contributed by atoms with Gasteiger partial charge < -0.3 is 15.2 Å². The van der Waals surface area contributed by atoms with Gasteiger partial charge in [0, 0.05) is 13.7 Å². The average molecular weight is 288 g/mol. The SMILES string of the molecule is C=CCn1ncc(NC(CCO)COC)c(Cl)c1=O. The molecule has 0 radical (unpaired) electrons. The highest BCUT2D eigenvalue weighted by Gasteiger charge is 2.13. The Hall–Kier alpha value is -1.37. The number of nitrogens with one attached hydrogen (secondary N) is 1. The van der Waals surface area contributed by atoms with E-state index in [-0.39, 0.29) is 23.2 Å². The van der Waals surface area contributed by atoms with Crippen LogP contribution in [0.5, 0.6) is 0 Å². The number of nitrogens with zero attached hydrogens (tertiary/aromatic N) is 2. The van der Waals surface area contributed by atoms with Gasteiger partial charge in [-0.05, 0) is 6.42 Å². The van der Waals surface area contributed by atoms with E-state index in [0.717, 1.165) is 0 Å². The summed E-state index contributed by atoms with van der Waals surface area (Å²) in [6.45, 7) is 4.26. The number of aromatic nitrogens is 2. The lowest BCUT2D eigenvalue weighted by atomic mass is 10.2. The molecule has 106 valence electrons. The van der Waals surface area contributed by atoms with E-state index >= 15 is 0 Å². The normalized spacial score (nSPS) is 12.2. The average Bonchev–Trinajstić information content (AvgIpc) is 2.39. The number of aliphatic hydroxyl groups is 1. The first-order valence-corrected chi connectivity index (χ1v) is 6.24. The summed E-state index contributed by atoms with van der Waals surface area (Å²) < 4.78 is 6.25. The lowest BCUT2D eigenvalue weighted by molar-refractivity contribution is 0.170. The van der Waals surface area contributed by atoms with Gasteiger partial charge in [0.05, 0.1) is 31.1 Å². The number of hydrogen-bond donors (Lipinski definition) is 2. The van der Waals surface area contributed by atoms with Gasteiger partial charge in [0.2, 0.25) is 0 Å². The van der Waals surface area contributed by atoms with E-state index in [1.54, 1.807) is 13.2 Å². The van der Waals surface area contributed by atoms with Gasteiger partial charge >= 0.3 is 0 Å². The van der Waals surface area contributed by atoms with E-state index in [9.17, 15) is 4.79 Å². The molecule has 0 fully saturated rings. The molecular formula is C12H18ClN3O3. The third kappa shape index (κ3) is 4.34. The summed E-state index contributed by atoms with van der Waals surface area (Å²) in [5, 5.41) is 16.0. The van der Waals surface area contributed by atoms with Crippen molar-refractivity contribution in [3.8, 4) is 0 Å². The third-order valence-electron chi connectivity index (χ3n) is 2.49. The minimum atomic E-state index is -0.383. The number of rotatable bonds is 8. The van der Waals surface area contributed by atoms with Crippen molar-refractivity contribution in [1.82, 2.24) is 9.78 Å². The minimum Gasteiger partial charge on any atom is -0.396 e. The van der Waals surface area contributed by atoms with E-state index in [0.29, 0.717) is 25.3 Å². The Morgan fingerprint density at radius 2 is 2.47 bits per heavy atom. The summed E-state index contributed by atoms with van der Waals surface area (Å²) in [6, 6.07) is -0.135. The zero-order chi connectivity index (χ0) is 14.3. The highest BCUT2D eigenvalue weighted by atomic mass is 35.5. The Bertz CT molecular complexity index is 470. The number of hydrogen-bond acceptors (Lipinski definition) is 5. The third-order valence-corrected chi connectivity index (χ3v) is 2.86. The quantitative estimate of drug-likeness (QED) is 0.695. The molecule has 0 aliphatic carbocycles. The van der Waals surface area contributed by atoms with Crippen molar-refractivity contribution in [1.29, 1.82) is 0 Å². The molecule has 0 saturated carbocycles. The van der Waals surface area contributed by atoms with Crippen molar-refractivity contribution in [3.63, 3.8) is 0 Å². The molecule has 0 amide bonds. The minimum absolute atomic E-state index is 0.0135. The molecule has 0 aliphatic heterocycles. The largest absolute Gasteiger partial charge is 0.396 e. The molecule has 19 heavy (non-hydrogen) atoms. The molecular weight excluding hydrogens is 270 g/mol. The standard InChI is InChI=1S/C12H18ClN3O3/c1-3-5-16-12(18)11(13)10(7-14-16)15-9(4-6-17)8-19-2/h3,7,9,15,17H,1,4-6,8H2,2H3. The summed E-state index contributed by atoms with van der Waals surface area (Å²) in [5.74, 6) is 0. The molecule has 0 aliphatic rings. The van der Waals surface area contributed by atoms with Gasteiger partial charge in [0.1, 0.15) is 5.02 Å². The molecule has 1 heterocycles. The Morgan fingerprint density at radius 1 is 1.74 bits per heavy atom. The van der Waals surface area contributed by atoms with Crippen molar-refractivity contribution in [2.24, 2.45) is 0 Å². The maximum atomic E-state index is 11.9. The Kier molecular flexibility index (Phi) is 6.55. The first-order chi connectivity index (χ1) is 9.13. The lowest BCUT2D eigenvalue weighted by Gasteiger charge is -2.18. The summed E-state index contributed by atoms with van der Waals surface area (Å²) in [4.78, 5) is 11.9. The summed E-state index contributed by atoms with van der Waals surface area (Å²) >= 11 is 6.01. The van der Waals surface area contributed by atoms with Crippen molar-refractivity contribution < 1.29 is 9.84 Å². The predicted molar refractivity (Wildman–Crippen MR) is 74.7 cm³/mol. The first kappa shape index (κ1) is 15.7. The molecule has 1 aromatic heterocycles. The van der Waals surface area contributed by atoms with Crippen molar-refractivity contribution >= 4 is 17.3 Å². The molecule has 6 nitrogen and oxygen atoms in total. The summed E-state index contributed by atoms with van der Waals surface area (Å²) in [7, 11) is 1.56. The Labute approximate surface area is 116 Å². The first-order valence-electron chi connectivity index (χ1n) is 5.86. The summed E-state index contributed by atoms with van der Waals surface area (Å²) in [5.41, 5.74) is 0.0502. The number of allylic oxidation sites excluding steroid dienone is 1. The molecule has 0 aromatic carbocycles. The van der Waals surface area contributed by atoms with Crippen molar-refractivity contribution in [2.75, 3.05) is 25.6 Å². The van der Waals surface area contributed by atoms with Crippen molar-refractivity contribution in [3.05, 3.63) is 34.2 Å². The summed E-state index contributed by atoms with van der Waals surface area (Å²) in [6.07, 6.45) is 3.53. The fraction of sp³-hybridized carbons (Fsp3) is 0.500. The van der Waals surface area contributed by atoms with Crippen LogP contribution in [0.4, 0.5) is 5.69 Å². The van der Waals surface area contributed by atoms with Crippen LogP contribution >= 0.6 is 11.6 Å². The number of methoxy groups -OCH3 is 1. The fourth-order valence-corrected chi connectivity index (χ4v) is 1.79. The van der Waals surface area contributed by atoms with E-state index in [2.05, 4.69) is 17.0 Å². The maximum absolute atomic E-state index is 11.9. The van der Waals surface area contributed by atoms with E-state index in [4.69, 9.17) is 21.4 Å². The molecule has 2 N–H and O–H groups in total. The zero-order valence-electron chi connectivity index (χ0n) is 10.8. The predicted octanol–water partition coefficient (Wildman–Crippen LogP) is 0.892. The second-order valence-electron chi connectivity index (χ2n) is 3.96. The molecule has 7 heteroatoms. The zero-order valence-corrected chi connectivity index (χ0v) is 11.6. The van der Waals surface area contributed by atoms with Gasteiger partial charge in [-0.1, -0.05) is 17.7 Å². The van der Waals surface area contributed by atoms with Gasteiger partial charge in [0.25, 0.3) is 5.56 Å². The molecule has 0 bridgehead atoms. The highest BCUT2D eigenvalue weighted by Crippen LogP contribution is 2.17. The van der Waals surface area contributed by atoms with Gasteiger partial charge in [-0.25, -0.2) is 4.68 Å². The molecule has 1 unspecified atom stereocenters. The van der Waals surface area contributed by atoms with Crippen LogP contribution in [0.3, 0.4) is 0 Å². The van der Waals surface area contributed by atoms with Crippen LogP contribution in [-0.4, -0.2) is 41.3 Å². The number of anilines is 1. The second kappa shape index (κ2) is 7.93. The lowest BCUT2D eigenvalue weighted by Crippen LogP contribution is -2.29. The molecule has 1 aromatic rings. The van der Waals surface area contributed by atoms with Crippen molar-refractivity contribution in [2.45, 2.75) is 19.0 Å². The monoisotopic (exact) mass is 287 g/mol. The maximum Gasteiger partial charge on any atom is 0.287 e. The Balaban J connectivity index is 2.92. The van der Waals surface area contributed by atoms with Gasteiger partial charge in [-0.15, -0.1) is 6.58 Å². The molecule has 1 atom stereocenters. The van der Waals surface area contributed by atoms with Gasteiger partial charge in [-0.2, -0.15) is 5.10 Å². The van der Waals surface area contributed by atoms with Crippen LogP contribution in [0.15, 0.2) is 23.6 Å². The van der Waals surface area contributed by atoms with Gasteiger partial charge in [-0.3, -0.25) is 4.79 Å². The highest BCUT2D eigenvalue weighted by molar-refractivity contribution is 6.32. The molecule has 0 saturated heterocycles. The van der Waals surface area contributed by atoms with Crippen LogP contribution in [0.25, 0.3) is 0 Å². The molecule has 0 spiro atoms. The van der Waals surface area contributed by atoms with Crippen LogP contribution in [0.1, 0.15) is 6.42 Å². The fourth-order valence-electron chi connectivity index (χ4n) is 1.59. The number of halogens is 1. The Morgan fingerprint density at radius 3 is 3.05 bits per heavy atom. The van der Waals surface area contributed by atoms with Crippen LogP contribution in [0.2, 0.25) is 5.02 Å². The molecule has 1 rings (SSSR count). The topological polar surface area (TPSA) is 76.4 Å². The number of aliphatic hydroxyl groups excluding tert-OH is 1. The van der Waals surface area contributed by atoms with Crippen LogP contribution < -0.4 is 10.9 Å².